The van der Waals surface area contributed by atoms with E-state index in [1.54, 1.807) is 0 Å². The molecule has 106 valence electrons. The summed E-state index contributed by atoms with van der Waals surface area (Å²) >= 11 is 0. The number of nitrogens with zero attached hydrogens (tertiary/aromatic N) is 1. The molecule has 0 radical (unpaired) electrons. The fourth-order valence-corrected chi connectivity index (χ4v) is 2.88. The lowest BCUT2D eigenvalue weighted by Crippen LogP contribution is -2.56. The number of piperazine rings is 1. The van der Waals surface area contributed by atoms with Gasteiger partial charge >= 0.3 is 0 Å². The minimum absolute atomic E-state index is 0.626. The van der Waals surface area contributed by atoms with Gasteiger partial charge in [0, 0.05) is 31.7 Å². The largest absolute Gasteiger partial charge is 0.311 e. The van der Waals surface area contributed by atoms with Gasteiger partial charge in [0.15, 0.2) is 0 Å². The number of hydrogen-bond donors (Lipinski definition) is 1. The van der Waals surface area contributed by atoms with Crippen molar-refractivity contribution in [2.75, 3.05) is 13.1 Å². The summed E-state index contributed by atoms with van der Waals surface area (Å²) in [5, 5.41) is 3.71. The van der Waals surface area contributed by atoms with E-state index in [0.29, 0.717) is 12.1 Å². The third kappa shape index (κ3) is 3.80. The van der Waals surface area contributed by atoms with Gasteiger partial charge in [0.05, 0.1) is 0 Å². The third-order valence-corrected chi connectivity index (χ3v) is 4.53. The smallest absolute Gasteiger partial charge is 0.0237 e. The molecule has 3 unspecified atom stereocenters. The number of aryl methyl sites for hydroxylation is 1. The molecule has 0 saturated carbocycles. The van der Waals surface area contributed by atoms with Crippen LogP contribution in [0.1, 0.15) is 38.3 Å². The minimum Gasteiger partial charge on any atom is -0.311 e. The number of rotatable bonds is 4. The highest BCUT2D eigenvalue weighted by atomic mass is 15.2. The van der Waals surface area contributed by atoms with Gasteiger partial charge in [-0.25, -0.2) is 0 Å². The van der Waals surface area contributed by atoms with E-state index in [-0.39, 0.29) is 0 Å². The summed E-state index contributed by atoms with van der Waals surface area (Å²) in [6.45, 7) is 12.5. The van der Waals surface area contributed by atoms with Crippen LogP contribution < -0.4 is 5.32 Å². The zero-order chi connectivity index (χ0) is 13.8. The molecular formula is C17H28N2. The number of nitrogens with one attached hydrogen (secondary N) is 1. The Morgan fingerprint density at radius 2 is 2.21 bits per heavy atom. The molecule has 1 aliphatic heterocycles. The highest BCUT2D eigenvalue weighted by Gasteiger charge is 2.27. The lowest BCUT2D eigenvalue weighted by atomic mass is 9.95. The van der Waals surface area contributed by atoms with Crippen LogP contribution in [0.5, 0.6) is 0 Å². The minimum atomic E-state index is 0.626. The normalized spacial score (nSPS) is 26.3. The molecule has 2 nitrogen and oxygen atoms in total. The molecule has 1 aromatic carbocycles. The number of hydrogen-bond acceptors (Lipinski definition) is 2. The van der Waals surface area contributed by atoms with E-state index in [4.69, 9.17) is 0 Å². The van der Waals surface area contributed by atoms with E-state index in [9.17, 15) is 0 Å². The van der Waals surface area contributed by atoms with Crippen molar-refractivity contribution in [1.29, 1.82) is 0 Å². The first kappa shape index (κ1) is 14.5. The van der Waals surface area contributed by atoms with Crippen molar-refractivity contribution in [3.63, 3.8) is 0 Å². The zero-order valence-electron chi connectivity index (χ0n) is 12.8. The van der Waals surface area contributed by atoms with Crippen LogP contribution in [0, 0.1) is 12.8 Å². The monoisotopic (exact) mass is 260 g/mol. The Kier molecular flexibility index (Phi) is 5.00. The molecule has 0 bridgehead atoms. The summed E-state index contributed by atoms with van der Waals surface area (Å²) in [7, 11) is 0. The fourth-order valence-electron chi connectivity index (χ4n) is 2.88. The summed E-state index contributed by atoms with van der Waals surface area (Å²) in [5.41, 5.74) is 2.80. The highest BCUT2D eigenvalue weighted by Crippen LogP contribution is 2.18. The van der Waals surface area contributed by atoms with Crippen LogP contribution in [0.25, 0.3) is 0 Å². The predicted octanol–water partition coefficient (Wildman–Crippen LogP) is 3.20. The second-order valence-electron chi connectivity index (χ2n) is 6.17. The van der Waals surface area contributed by atoms with Crippen LogP contribution >= 0.6 is 0 Å². The average Bonchev–Trinajstić information content (AvgIpc) is 2.40. The number of benzene rings is 1. The van der Waals surface area contributed by atoms with Crippen LogP contribution in [-0.4, -0.2) is 30.1 Å². The SMILES string of the molecule is CCC(C)C1CN(Cc2cccc(C)c2)C(C)CN1. The Hall–Kier alpha value is -0.860. The maximum atomic E-state index is 3.71. The van der Waals surface area contributed by atoms with Crippen molar-refractivity contribution < 1.29 is 0 Å². The zero-order valence-corrected chi connectivity index (χ0v) is 12.8. The molecule has 1 saturated heterocycles. The van der Waals surface area contributed by atoms with Crippen molar-refractivity contribution in [3.05, 3.63) is 35.4 Å². The molecule has 1 heterocycles. The fraction of sp³-hybridized carbons (Fsp3) is 0.647. The molecule has 1 aromatic rings. The van der Waals surface area contributed by atoms with Gasteiger partial charge in [0.2, 0.25) is 0 Å². The van der Waals surface area contributed by atoms with Gasteiger partial charge in [0.25, 0.3) is 0 Å². The van der Waals surface area contributed by atoms with Gasteiger partial charge in [-0.1, -0.05) is 50.1 Å². The molecule has 0 aromatic heterocycles. The van der Waals surface area contributed by atoms with E-state index in [1.165, 1.54) is 24.1 Å². The first-order chi connectivity index (χ1) is 9.10. The van der Waals surface area contributed by atoms with Crippen LogP contribution in [0.4, 0.5) is 0 Å². The Balaban J connectivity index is 2.01. The molecule has 0 aliphatic carbocycles. The lowest BCUT2D eigenvalue weighted by Gasteiger charge is -2.41. The summed E-state index contributed by atoms with van der Waals surface area (Å²) in [5.74, 6) is 0.757. The molecule has 3 atom stereocenters. The molecule has 2 heteroatoms. The Morgan fingerprint density at radius 3 is 2.89 bits per heavy atom. The molecule has 19 heavy (non-hydrogen) atoms. The highest BCUT2D eigenvalue weighted by molar-refractivity contribution is 5.22. The van der Waals surface area contributed by atoms with Gasteiger partial charge in [-0.2, -0.15) is 0 Å². The molecule has 2 rings (SSSR count). The molecule has 0 spiro atoms. The van der Waals surface area contributed by atoms with Crippen LogP contribution in [0.2, 0.25) is 0 Å². The summed E-state index contributed by atoms with van der Waals surface area (Å²) < 4.78 is 0. The summed E-state index contributed by atoms with van der Waals surface area (Å²) in [6, 6.07) is 10.2. The van der Waals surface area contributed by atoms with E-state index in [2.05, 4.69) is 62.2 Å². The maximum Gasteiger partial charge on any atom is 0.0237 e. The summed E-state index contributed by atoms with van der Waals surface area (Å²) in [6.07, 6.45) is 1.25. The quantitative estimate of drug-likeness (QED) is 0.894. The van der Waals surface area contributed by atoms with E-state index < -0.39 is 0 Å². The molecule has 1 N–H and O–H groups in total. The topological polar surface area (TPSA) is 15.3 Å². The predicted molar refractivity (Wildman–Crippen MR) is 82.3 cm³/mol. The van der Waals surface area contributed by atoms with Crippen molar-refractivity contribution in [1.82, 2.24) is 10.2 Å². The maximum absolute atomic E-state index is 3.71. The van der Waals surface area contributed by atoms with E-state index >= 15 is 0 Å². The second kappa shape index (κ2) is 6.53. The van der Waals surface area contributed by atoms with Crippen molar-refractivity contribution in [3.8, 4) is 0 Å². The van der Waals surface area contributed by atoms with Crippen molar-refractivity contribution >= 4 is 0 Å². The molecule has 0 amide bonds. The average molecular weight is 260 g/mol. The van der Waals surface area contributed by atoms with Crippen LogP contribution in [-0.2, 0) is 6.54 Å². The third-order valence-electron chi connectivity index (χ3n) is 4.53. The van der Waals surface area contributed by atoms with Crippen LogP contribution in [0.3, 0.4) is 0 Å². The second-order valence-corrected chi connectivity index (χ2v) is 6.17. The Bertz CT molecular complexity index is 402. The van der Waals surface area contributed by atoms with E-state index in [0.717, 1.165) is 19.0 Å². The molecular weight excluding hydrogens is 232 g/mol. The molecule has 1 fully saturated rings. The molecule has 1 aliphatic rings. The lowest BCUT2D eigenvalue weighted by molar-refractivity contribution is 0.112. The first-order valence-corrected chi connectivity index (χ1v) is 7.63. The van der Waals surface area contributed by atoms with Gasteiger partial charge in [-0.15, -0.1) is 0 Å². The van der Waals surface area contributed by atoms with Gasteiger partial charge in [-0.05, 0) is 25.3 Å². The van der Waals surface area contributed by atoms with Gasteiger partial charge in [-0.3, -0.25) is 4.90 Å². The first-order valence-electron chi connectivity index (χ1n) is 7.63. The standard InChI is InChI=1S/C17H28N2/c1-5-14(3)17-12-19(15(4)10-18-17)11-16-8-6-7-13(2)9-16/h6-9,14-15,17-18H,5,10-12H2,1-4H3. The Labute approximate surface area is 118 Å². The van der Waals surface area contributed by atoms with Gasteiger partial charge < -0.3 is 5.32 Å². The van der Waals surface area contributed by atoms with Crippen molar-refractivity contribution in [2.24, 2.45) is 5.92 Å². The van der Waals surface area contributed by atoms with Crippen LogP contribution in [0.15, 0.2) is 24.3 Å². The van der Waals surface area contributed by atoms with E-state index in [1.807, 2.05) is 0 Å². The van der Waals surface area contributed by atoms with Gasteiger partial charge in [0.1, 0.15) is 0 Å². The Morgan fingerprint density at radius 1 is 1.42 bits per heavy atom. The van der Waals surface area contributed by atoms with Crippen molar-refractivity contribution in [2.45, 2.75) is 52.7 Å². The summed E-state index contributed by atoms with van der Waals surface area (Å²) in [4.78, 5) is 2.63.